The van der Waals surface area contributed by atoms with Crippen molar-refractivity contribution < 1.29 is 0 Å². The molecule has 0 bridgehead atoms. The van der Waals surface area contributed by atoms with Gasteiger partial charge in [0, 0.05) is 17.2 Å². The summed E-state index contributed by atoms with van der Waals surface area (Å²) in [7, 11) is 0. The predicted molar refractivity (Wildman–Crippen MR) is 76.4 cm³/mol. The minimum atomic E-state index is 0.0908. The summed E-state index contributed by atoms with van der Waals surface area (Å²) in [6.07, 6.45) is 4.21. The highest BCUT2D eigenvalue weighted by atomic mass is 14.7. The third-order valence-corrected chi connectivity index (χ3v) is 3.65. The van der Waals surface area contributed by atoms with E-state index in [1.807, 2.05) is 18.3 Å². The fourth-order valence-electron chi connectivity index (χ4n) is 3.00. The Labute approximate surface area is 108 Å². The molecular weight excluding hydrogens is 218 g/mol. The average Bonchev–Trinajstić information content (AvgIpc) is 2.61. The van der Waals surface area contributed by atoms with E-state index in [1.54, 1.807) is 0 Å². The molecule has 0 saturated heterocycles. The van der Waals surface area contributed by atoms with Crippen LogP contribution in [0.1, 0.15) is 31.9 Å². The molecule has 3 rings (SSSR count). The molecule has 0 amide bonds. The summed E-state index contributed by atoms with van der Waals surface area (Å²) in [5.41, 5.74) is 6.54. The topological polar surface area (TPSA) is 12.9 Å². The van der Waals surface area contributed by atoms with Gasteiger partial charge in [0.2, 0.25) is 0 Å². The lowest BCUT2D eigenvalue weighted by Crippen LogP contribution is -2.12. The first-order chi connectivity index (χ1) is 8.59. The smallest absolute Gasteiger partial charge is 0.0705 e. The van der Waals surface area contributed by atoms with Gasteiger partial charge >= 0.3 is 0 Å². The van der Waals surface area contributed by atoms with Crippen LogP contribution in [0.5, 0.6) is 0 Å². The molecule has 0 fully saturated rings. The first kappa shape index (κ1) is 11.2. The zero-order chi connectivity index (χ0) is 12.8. The number of hydrogen-bond acceptors (Lipinski definition) is 1. The molecular formula is C17H17N. The van der Waals surface area contributed by atoms with E-state index in [9.17, 15) is 0 Å². The Kier molecular flexibility index (Phi) is 2.37. The molecule has 1 heterocycles. The number of fused-ring (bicyclic) bond motifs is 1. The van der Waals surface area contributed by atoms with Crippen molar-refractivity contribution in [1.82, 2.24) is 4.98 Å². The lowest BCUT2D eigenvalue weighted by atomic mass is 9.83. The van der Waals surface area contributed by atoms with E-state index < -0.39 is 0 Å². The molecule has 1 aromatic heterocycles. The zero-order valence-corrected chi connectivity index (χ0v) is 11.1. The standard InChI is InChI=1S/C17H17N/c1-12-11-17(2,3)16-13(12)7-6-8-14(16)15-9-4-5-10-18-15/h4-11H,1-3H3. The summed E-state index contributed by atoms with van der Waals surface area (Å²) in [4.78, 5) is 4.49. The van der Waals surface area contributed by atoms with Crippen LogP contribution in [0.3, 0.4) is 0 Å². The van der Waals surface area contributed by atoms with Gasteiger partial charge in [0.25, 0.3) is 0 Å². The van der Waals surface area contributed by atoms with E-state index in [0.29, 0.717) is 0 Å². The van der Waals surface area contributed by atoms with Crippen LogP contribution < -0.4 is 0 Å². The van der Waals surface area contributed by atoms with Crippen molar-refractivity contribution in [2.75, 3.05) is 0 Å². The molecule has 1 aromatic carbocycles. The van der Waals surface area contributed by atoms with Crippen LogP contribution in [-0.4, -0.2) is 4.98 Å². The highest BCUT2D eigenvalue weighted by Crippen LogP contribution is 2.44. The molecule has 0 aliphatic heterocycles. The van der Waals surface area contributed by atoms with Crippen molar-refractivity contribution >= 4 is 5.57 Å². The summed E-state index contributed by atoms with van der Waals surface area (Å²) in [5, 5.41) is 0. The van der Waals surface area contributed by atoms with E-state index >= 15 is 0 Å². The highest BCUT2D eigenvalue weighted by Gasteiger charge is 2.30. The molecule has 1 aliphatic carbocycles. The van der Waals surface area contributed by atoms with Gasteiger partial charge in [0.05, 0.1) is 5.69 Å². The molecule has 0 radical (unpaired) electrons. The predicted octanol–water partition coefficient (Wildman–Crippen LogP) is 4.44. The maximum absolute atomic E-state index is 4.49. The van der Waals surface area contributed by atoms with Crippen LogP contribution in [-0.2, 0) is 5.41 Å². The van der Waals surface area contributed by atoms with Crippen LogP contribution in [0, 0.1) is 0 Å². The normalized spacial score (nSPS) is 16.3. The van der Waals surface area contributed by atoms with E-state index in [4.69, 9.17) is 0 Å². The van der Waals surface area contributed by atoms with Crippen molar-refractivity contribution in [2.45, 2.75) is 26.2 Å². The van der Waals surface area contributed by atoms with Gasteiger partial charge in [-0.2, -0.15) is 0 Å². The largest absolute Gasteiger partial charge is 0.256 e. The Bertz CT molecular complexity index is 621. The van der Waals surface area contributed by atoms with Crippen LogP contribution >= 0.6 is 0 Å². The Morgan fingerprint density at radius 2 is 1.72 bits per heavy atom. The molecule has 2 aromatic rings. The Balaban J connectivity index is 2.28. The van der Waals surface area contributed by atoms with E-state index in [0.717, 1.165) is 5.69 Å². The number of hydrogen-bond donors (Lipinski definition) is 0. The van der Waals surface area contributed by atoms with E-state index in [1.165, 1.54) is 22.3 Å². The fraction of sp³-hybridized carbons (Fsp3) is 0.235. The van der Waals surface area contributed by atoms with Crippen molar-refractivity contribution in [3.05, 3.63) is 59.8 Å². The lowest BCUT2D eigenvalue weighted by molar-refractivity contribution is 0.684. The maximum atomic E-state index is 4.49. The van der Waals surface area contributed by atoms with Gasteiger partial charge in [0.1, 0.15) is 0 Å². The molecule has 18 heavy (non-hydrogen) atoms. The van der Waals surface area contributed by atoms with Gasteiger partial charge in [-0.3, -0.25) is 4.98 Å². The third-order valence-electron chi connectivity index (χ3n) is 3.65. The second-order valence-electron chi connectivity index (χ2n) is 5.49. The summed E-state index contributed by atoms with van der Waals surface area (Å²) < 4.78 is 0. The maximum Gasteiger partial charge on any atom is 0.0705 e. The molecule has 1 nitrogen and oxygen atoms in total. The van der Waals surface area contributed by atoms with Gasteiger partial charge < -0.3 is 0 Å². The molecule has 1 heteroatoms. The van der Waals surface area contributed by atoms with Gasteiger partial charge in [-0.15, -0.1) is 0 Å². The third kappa shape index (κ3) is 1.59. The van der Waals surface area contributed by atoms with Crippen LogP contribution in [0.4, 0.5) is 0 Å². The highest BCUT2D eigenvalue weighted by molar-refractivity contribution is 5.82. The van der Waals surface area contributed by atoms with Crippen LogP contribution in [0.15, 0.2) is 48.7 Å². The zero-order valence-electron chi connectivity index (χ0n) is 11.1. The number of benzene rings is 1. The van der Waals surface area contributed by atoms with Crippen molar-refractivity contribution in [3.63, 3.8) is 0 Å². The van der Waals surface area contributed by atoms with Crippen molar-refractivity contribution in [2.24, 2.45) is 0 Å². The van der Waals surface area contributed by atoms with E-state index in [-0.39, 0.29) is 5.41 Å². The molecule has 0 spiro atoms. The first-order valence-corrected chi connectivity index (χ1v) is 6.34. The minimum Gasteiger partial charge on any atom is -0.256 e. The summed E-state index contributed by atoms with van der Waals surface area (Å²) in [6, 6.07) is 12.6. The molecule has 0 unspecified atom stereocenters. The van der Waals surface area contributed by atoms with Gasteiger partial charge in [-0.25, -0.2) is 0 Å². The monoisotopic (exact) mass is 235 g/mol. The molecule has 1 aliphatic rings. The molecule has 0 atom stereocenters. The minimum absolute atomic E-state index is 0.0908. The molecule has 0 saturated carbocycles. The quantitative estimate of drug-likeness (QED) is 0.712. The SMILES string of the molecule is CC1=CC(C)(C)c2c1cccc2-c1ccccn1. The Hall–Kier alpha value is -1.89. The number of pyridine rings is 1. The lowest BCUT2D eigenvalue weighted by Gasteiger charge is -2.21. The Morgan fingerprint density at radius 1 is 0.944 bits per heavy atom. The second-order valence-corrected chi connectivity index (χ2v) is 5.49. The number of allylic oxidation sites excluding steroid dienone is 2. The number of aromatic nitrogens is 1. The Morgan fingerprint density at radius 3 is 2.44 bits per heavy atom. The summed E-state index contributed by atoms with van der Waals surface area (Å²) in [5.74, 6) is 0. The molecule has 90 valence electrons. The van der Waals surface area contributed by atoms with Gasteiger partial charge in [-0.05, 0) is 35.8 Å². The van der Waals surface area contributed by atoms with E-state index in [2.05, 4.69) is 56.1 Å². The van der Waals surface area contributed by atoms with Gasteiger partial charge in [-0.1, -0.05) is 44.2 Å². The number of rotatable bonds is 1. The second kappa shape index (κ2) is 3.81. The first-order valence-electron chi connectivity index (χ1n) is 6.34. The fourth-order valence-corrected chi connectivity index (χ4v) is 3.00. The van der Waals surface area contributed by atoms with Crippen molar-refractivity contribution in [3.8, 4) is 11.3 Å². The van der Waals surface area contributed by atoms with Crippen LogP contribution in [0.2, 0.25) is 0 Å². The molecule has 0 N–H and O–H groups in total. The number of nitrogens with zero attached hydrogens (tertiary/aromatic N) is 1. The summed E-state index contributed by atoms with van der Waals surface area (Å²) in [6.45, 7) is 6.74. The summed E-state index contributed by atoms with van der Waals surface area (Å²) >= 11 is 0. The van der Waals surface area contributed by atoms with Crippen LogP contribution in [0.25, 0.3) is 16.8 Å². The van der Waals surface area contributed by atoms with Crippen molar-refractivity contribution in [1.29, 1.82) is 0 Å². The average molecular weight is 235 g/mol. The van der Waals surface area contributed by atoms with Gasteiger partial charge in [0.15, 0.2) is 0 Å².